The van der Waals surface area contributed by atoms with Crippen LogP contribution in [0.2, 0.25) is 0 Å². The number of aliphatic hydroxyl groups excluding tert-OH is 1. The lowest BCUT2D eigenvalue weighted by Crippen LogP contribution is -2.51. The van der Waals surface area contributed by atoms with Crippen molar-refractivity contribution >= 4 is 5.91 Å². The van der Waals surface area contributed by atoms with Crippen LogP contribution in [0.4, 0.5) is 0 Å². The van der Waals surface area contributed by atoms with E-state index in [-0.39, 0.29) is 12.0 Å². The van der Waals surface area contributed by atoms with E-state index in [1.54, 1.807) is 0 Å². The average Bonchev–Trinajstić information content (AvgIpc) is 2.01. The lowest BCUT2D eigenvalue weighted by molar-refractivity contribution is -0.140. The summed E-state index contributed by atoms with van der Waals surface area (Å²) in [5, 5.41) is 9.10. The van der Waals surface area contributed by atoms with Crippen molar-refractivity contribution in [3.8, 4) is 0 Å². The average molecular weight is 169 g/mol. The second-order valence-corrected chi connectivity index (χ2v) is 3.82. The van der Waals surface area contributed by atoms with Gasteiger partial charge in [0.05, 0.1) is 6.10 Å². The van der Waals surface area contributed by atoms with E-state index in [4.69, 9.17) is 5.11 Å². The lowest BCUT2D eigenvalue weighted by Gasteiger charge is -2.42. The molecule has 0 aromatic rings. The Hall–Kier alpha value is -0.570. The fourth-order valence-electron chi connectivity index (χ4n) is 2.03. The van der Waals surface area contributed by atoms with Crippen LogP contribution in [-0.4, -0.2) is 34.6 Å². The fraction of sp³-hybridized carbons (Fsp3) is 0.889. The van der Waals surface area contributed by atoms with Gasteiger partial charge in [-0.25, -0.2) is 0 Å². The summed E-state index contributed by atoms with van der Waals surface area (Å²) < 4.78 is 0. The van der Waals surface area contributed by atoms with E-state index in [1.807, 2.05) is 4.90 Å². The van der Waals surface area contributed by atoms with Crippen LogP contribution >= 0.6 is 0 Å². The SMILES string of the molecule is O=C1CCCCN1C1CC(O)C1. The number of likely N-dealkylation sites (tertiary alicyclic amines) is 1. The van der Waals surface area contributed by atoms with Gasteiger partial charge in [-0.15, -0.1) is 0 Å². The van der Waals surface area contributed by atoms with Crippen LogP contribution in [-0.2, 0) is 4.79 Å². The van der Waals surface area contributed by atoms with Crippen molar-refractivity contribution in [1.29, 1.82) is 0 Å². The Bertz CT molecular complexity index is 187. The molecule has 0 bridgehead atoms. The molecule has 1 saturated carbocycles. The number of carbonyl (C=O) groups is 1. The van der Waals surface area contributed by atoms with E-state index in [1.165, 1.54) is 0 Å². The molecule has 3 heteroatoms. The number of rotatable bonds is 1. The molecule has 0 radical (unpaired) electrons. The van der Waals surface area contributed by atoms with Crippen molar-refractivity contribution in [2.75, 3.05) is 6.54 Å². The highest BCUT2D eigenvalue weighted by Crippen LogP contribution is 2.28. The van der Waals surface area contributed by atoms with E-state index in [0.717, 1.165) is 32.2 Å². The molecule has 1 heterocycles. The van der Waals surface area contributed by atoms with Gasteiger partial charge >= 0.3 is 0 Å². The molecule has 1 aliphatic carbocycles. The van der Waals surface area contributed by atoms with E-state index in [0.29, 0.717) is 12.5 Å². The summed E-state index contributed by atoms with van der Waals surface area (Å²) in [7, 11) is 0. The number of hydrogen-bond donors (Lipinski definition) is 1. The van der Waals surface area contributed by atoms with Crippen LogP contribution in [0.1, 0.15) is 32.1 Å². The molecule has 0 aromatic carbocycles. The predicted octanol–water partition coefficient (Wildman–Crippen LogP) is 0.522. The number of aliphatic hydroxyl groups is 1. The van der Waals surface area contributed by atoms with Gasteiger partial charge in [-0.3, -0.25) is 4.79 Å². The summed E-state index contributed by atoms with van der Waals surface area (Å²) in [6.07, 6.45) is 4.34. The minimum absolute atomic E-state index is 0.148. The Morgan fingerprint density at radius 3 is 2.67 bits per heavy atom. The largest absolute Gasteiger partial charge is 0.393 e. The van der Waals surface area contributed by atoms with Gasteiger partial charge in [-0.1, -0.05) is 0 Å². The van der Waals surface area contributed by atoms with Crippen LogP contribution in [0.15, 0.2) is 0 Å². The minimum atomic E-state index is -0.148. The topological polar surface area (TPSA) is 40.5 Å². The first-order chi connectivity index (χ1) is 5.77. The summed E-state index contributed by atoms with van der Waals surface area (Å²) in [5.41, 5.74) is 0. The lowest BCUT2D eigenvalue weighted by atomic mass is 9.87. The molecule has 1 N–H and O–H groups in total. The van der Waals surface area contributed by atoms with E-state index < -0.39 is 0 Å². The van der Waals surface area contributed by atoms with Gasteiger partial charge in [-0.05, 0) is 25.7 Å². The quantitative estimate of drug-likeness (QED) is 0.621. The number of carbonyl (C=O) groups excluding carboxylic acids is 1. The third kappa shape index (κ3) is 1.33. The molecule has 2 rings (SSSR count). The molecule has 2 aliphatic rings. The molecule has 68 valence electrons. The first kappa shape index (κ1) is 8.05. The van der Waals surface area contributed by atoms with Gasteiger partial charge in [-0.2, -0.15) is 0 Å². The van der Waals surface area contributed by atoms with Crippen molar-refractivity contribution in [2.45, 2.75) is 44.2 Å². The van der Waals surface area contributed by atoms with E-state index in [2.05, 4.69) is 0 Å². The monoisotopic (exact) mass is 169 g/mol. The number of hydrogen-bond acceptors (Lipinski definition) is 2. The standard InChI is InChI=1S/C9H15NO2/c11-8-5-7(6-8)10-4-2-1-3-9(10)12/h7-8,11H,1-6H2. The summed E-state index contributed by atoms with van der Waals surface area (Å²) in [6.45, 7) is 0.913. The summed E-state index contributed by atoms with van der Waals surface area (Å²) in [5.74, 6) is 0.290. The van der Waals surface area contributed by atoms with Crippen LogP contribution in [0.5, 0.6) is 0 Å². The predicted molar refractivity (Wildman–Crippen MR) is 44.6 cm³/mol. The molecule has 12 heavy (non-hydrogen) atoms. The third-order valence-corrected chi connectivity index (χ3v) is 2.89. The van der Waals surface area contributed by atoms with Gasteiger partial charge in [0, 0.05) is 19.0 Å². The van der Waals surface area contributed by atoms with Gasteiger partial charge in [0.1, 0.15) is 0 Å². The Morgan fingerprint density at radius 1 is 1.33 bits per heavy atom. The molecule has 0 aromatic heterocycles. The zero-order valence-corrected chi connectivity index (χ0v) is 7.20. The van der Waals surface area contributed by atoms with E-state index in [9.17, 15) is 4.79 Å². The molecule has 1 amide bonds. The van der Waals surface area contributed by atoms with Crippen molar-refractivity contribution < 1.29 is 9.90 Å². The summed E-state index contributed by atoms with van der Waals surface area (Å²) in [6, 6.07) is 0.354. The van der Waals surface area contributed by atoms with Crippen LogP contribution in [0.25, 0.3) is 0 Å². The van der Waals surface area contributed by atoms with Gasteiger partial charge in [0.25, 0.3) is 0 Å². The first-order valence-electron chi connectivity index (χ1n) is 4.75. The highest BCUT2D eigenvalue weighted by molar-refractivity contribution is 5.77. The number of nitrogens with zero attached hydrogens (tertiary/aromatic N) is 1. The van der Waals surface area contributed by atoms with Crippen LogP contribution in [0, 0.1) is 0 Å². The van der Waals surface area contributed by atoms with Crippen LogP contribution in [0.3, 0.4) is 0 Å². The normalized spacial score (nSPS) is 36.4. The van der Waals surface area contributed by atoms with Crippen molar-refractivity contribution in [1.82, 2.24) is 4.90 Å². The highest BCUT2D eigenvalue weighted by Gasteiger charge is 2.35. The smallest absolute Gasteiger partial charge is 0.222 e. The molecule has 1 aliphatic heterocycles. The zero-order valence-electron chi connectivity index (χ0n) is 7.20. The van der Waals surface area contributed by atoms with Crippen molar-refractivity contribution in [2.24, 2.45) is 0 Å². The Labute approximate surface area is 72.4 Å². The second kappa shape index (κ2) is 3.05. The maximum Gasteiger partial charge on any atom is 0.222 e. The number of amides is 1. The maximum absolute atomic E-state index is 11.4. The van der Waals surface area contributed by atoms with Gasteiger partial charge < -0.3 is 10.0 Å². The third-order valence-electron chi connectivity index (χ3n) is 2.89. The Balaban J connectivity index is 1.89. The molecule has 0 unspecified atom stereocenters. The maximum atomic E-state index is 11.4. The van der Waals surface area contributed by atoms with Crippen LogP contribution < -0.4 is 0 Å². The van der Waals surface area contributed by atoms with Crippen molar-refractivity contribution in [3.63, 3.8) is 0 Å². The van der Waals surface area contributed by atoms with Gasteiger partial charge in [0.15, 0.2) is 0 Å². The molecular formula is C9H15NO2. The Kier molecular flexibility index (Phi) is 2.05. The zero-order chi connectivity index (χ0) is 8.55. The highest BCUT2D eigenvalue weighted by atomic mass is 16.3. The molecular weight excluding hydrogens is 154 g/mol. The summed E-state index contributed by atoms with van der Waals surface area (Å²) in [4.78, 5) is 13.3. The fourth-order valence-corrected chi connectivity index (χ4v) is 2.03. The molecule has 0 spiro atoms. The molecule has 2 fully saturated rings. The summed E-state index contributed by atoms with van der Waals surface area (Å²) >= 11 is 0. The number of piperidine rings is 1. The minimum Gasteiger partial charge on any atom is -0.393 e. The Morgan fingerprint density at radius 2 is 2.08 bits per heavy atom. The first-order valence-corrected chi connectivity index (χ1v) is 4.75. The van der Waals surface area contributed by atoms with Crippen molar-refractivity contribution in [3.05, 3.63) is 0 Å². The molecule has 0 atom stereocenters. The van der Waals surface area contributed by atoms with E-state index >= 15 is 0 Å². The second-order valence-electron chi connectivity index (χ2n) is 3.82. The van der Waals surface area contributed by atoms with Gasteiger partial charge in [0.2, 0.25) is 5.91 Å². The molecule has 1 saturated heterocycles. The molecule has 3 nitrogen and oxygen atoms in total.